The number of allylic oxidation sites excluding steroid dienone is 3. The lowest BCUT2D eigenvalue weighted by atomic mass is 9.83. The molecule has 3 aliphatic heterocycles. The van der Waals surface area contributed by atoms with Gasteiger partial charge in [-0.1, -0.05) is 50.9 Å². The number of hydrogen-bond donors (Lipinski definition) is 2. The molecule has 0 bridgehead atoms. The Labute approximate surface area is 313 Å². The van der Waals surface area contributed by atoms with E-state index in [0.29, 0.717) is 79.3 Å². The Hall–Kier alpha value is -3.86. The van der Waals surface area contributed by atoms with Crippen molar-refractivity contribution in [2.24, 2.45) is 4.99 Å². The van der Waals surface area contributed by atoms with Crippen molar-refractivity contribution in [3.63, 3.8) is 0 Å². The van der Waals surface area contributed by atoms with Crippen LogP contribution in [0.15, 0.2) is 52.3 Å². The van der Waals surface area contributed by atoms with Crippen molar-refractivity contribution in [3.8, 4) is 0 Å². The minimum absolute atomic E-state index is 0.00710. The molecule has 2 unspecified atom stereocenters. The number of hydrazine groups is 1. The number of anilines is 1. The maximum Gasteiger partial charge on any atom is 0.416 e. The fraction of sp³-hybridized carbons (Fsp3) is 0.568. The predicted molar refractivity (Wildman–Crippen MR) is 200 cm³/mol. The van der Waals surface area contributed by atoms with Crippen molar-refractivity contribution in [1.29, 1.82) is 0 Å². The van der Waals surface area contributed by atoms with Crippen LogP contribution in [0.1, 0.15) is 63.1 Å². The van der Waals surface area contributed by atoms with Crippen LogP contribution in [-0.4, -0.2) is 125 Å². The molecule has 1 aromatic rings. The van der Waals surface area contributed by atoms with Crippen LogP contribution in [0.25, 0.3) is 0 Å². The molecule has 2 fully saturated rings. The molecule has 6 aliphatic rings. The van der Waals surface area contributed by atoms with Gasteiger partial charge in [-0.3, -0.25) is 24.0 Å². The quantitative estimate of drug-likeness (QED) is 0.337. The fourth-order valence-electron chi connectivity index (χ4n) is 7.36. The second kappa shape index (κ2) is 15.9. The van der Waals surface area contributed by atoms with Gasteiger partial charge in [0, 0.05) is 49.7 Å². The minimum atomic E-state index is -4.46. The molecule has 2 N–H and O–H groups in total. The molecule has 1 saturated heterocycles. The third-order valence-corrected chi connectivity index (χ3v) is 11.5. The number of piperazine rings is 1. The van der Waals surface area contributed by atoms with Gasteiger partial charge >= 0.3 is 6.18 Å². The minimum Gasteiger partial charge on any atom is -0.362 e. The predicted octanol–water partition coefficient (Wildman–Crippen LogP) is 4.40. The van der Waals surface area contributed by atoms with Crippen LogP contribution >= 0.6 is 11.9 Å². The molecule has 288 valence electrons. The molecule has 2 atom stereocenters. The zero-order valence-corrected chi connectivity index (χ0v) is 32.1. The number of carbonyl (C=O) groups excluding carboxylic acids is 3. The first-order valence-corrected chi connectivity index (χ1v) is 19.4. The average molecular weight is 758 g/mol. The molecule has 0 aromatic heterocycles. The lowest BCUT2D eigenvalue weighted by molar-refractivity contribution is -0.141. The fourth-order valence-corrected chi connectivity index (χ4v) is 8.31. The van der Waals surface area contributed by atoms with Gasteiger partial charge in [0.25, 0.3) is 11.8 Å². The summed E-state index contributed by atoms with van der Waals surface area (Å²) in [5.74, 6) is -0.395. The second-order valence-corrected chi connectivity index (χ2v) is 15.0. The van der Waals surface area contributed by atoms with Gasteiger partial charge in [-0.05, 0) is 75.9 Å². The summed E-state index contributed by atoms with van der Waals surface area (Å²) in [6, 6.07) is 2.30. The first-order chi connectivity index (χ1) is 25.4. The van der Waals surface area contributed by atoms with Gasteiger partial charge in [0.1, 0.15) is 12.2 Å². The normalized spacial score (nSPS) is 22.9. The molecule has 12 nitrogen and oxygen atoms in total. The molecule has 3 amide bonds. The SMILES string of the molecule is CC.CCC1=C(N2CCN(C(=O)C3=CC=CCC3NSC3CC3)CC2)C(=O)N2C(=NC(N(C)C)N2C)N1CC(=O)Nc1ccc(C(F)(F)F)c2c1CC2. The van der Waals surface area contributed by atoms with E-state index in [4.69, 9.17) is 4.99 Å². The van der Waals surface area contributed by atoms with E-state index < -0.39 is 23.9 Å². The van der Waals surface area contributed by atoms with Crippen LogP contribution in [-0.2, 0) is 33.4 Å². The number of alkyl halides is 3. The second-order valence-electron chi connectivity index (χ2n) is 13.9. The van der Waals surface area contributed by atoms with Gasteiger partial charge in [0.2, 0.25) is 11.9 Å². The van der Waals surface area contributed by atoms with Crippen molar-refractivity contribution >= 4 is 41.3 Å². The van der Waals surface area contributed by atoms with Crippen molar-refractivity contribution in [2.75, 3.05) is 59.2 Å². The molecular weight excluding hydrogens is 708 g/mol. The zero-order valence-electron chi connectivity index (χ0n) is 31.3. The van der Waals surface area contributed by atoms with Crippen molar-refractivity contribution in [3.05, 3.63) is 64.0 Å². The molecular formula is C37H50F3N9O3S. The summed E-state index contributed by atoms with van der Waals surface area (Å²) in [4.78, 5) is 54.1. The molecule has 3 aliphatic carbocycles. The summed E-state index contributed by atoms with van der Waals surface area (Å²) in [7, 11) is 5.46. The topological polar surface area (TPSA) is 107 Å². The van der Waals surface area contributed by atoms with Gasteiger partial charge < -0.3 is 20.0 Å². The number of benzene rings is 1. The van der Waals surface area contributed by atoms with Crippen molar-refractivity contribution < 1.29 is 27.6 Å². The number of guanidine groups is 1. The maximum absolute atomic E-state index is 14.4. The highest BCUT2D eigenvalue weighted by Gasteiger charge is 2.48. The van der Waals surface area contributed by atoms with E-state index in [9.17, 15) is 27.6 Å². The van der Waals surface area contributed by atoms with Gasteiger partial charge in [0.15, 0.2) is 6.29 Å². The largest absolute Gasteiger partial charge is 0.416 e. The number of amides is 3. The van der Waals surface area contributed by atoms with Gasteiger partial charge in [0.05, 0.1) is 17.3 Å². The highest BCUT2D eigenvalue weighted by Crippen LogP contribution is 2.41. The van der Waals surface area contributed by atoms with Crippen LogP contribution in [0.3, 0.4) is 0 Å². The van der Waals surface area contributed by atoms with E-state index >= 15 is 0 Å². The molecule has 3 heterocycles. The number of hydrogen-bond acceptors (Lipinski definition) is 10. The van der Waals surface area contributed by atoms with E-state index in [0.717, 1.165) is 18.1 Å². The molecule has 53 heavy (non-hydrogen) atoms. The zero-order chi connectivity index (χ0) is 38.2. The molecule has 0 radical (unpaired) electrons. The summed E-state index contributed by atoms with van der Waals surface area (Å²) in [6.07, 6.45) is 5.26. The van der Waals surface area contributed by atoms with Crippen molar-refractivity contribution in [2.45, 2.75) is 83.1 Å². The van der Waals surface area contributed by atoms with E-state index in [1.165, 1.54) is 23.9 Å². The number of halogens is 3. The lowest BCUT2D eigenvalue weighted by Gasteiger charge is -2.45. The Kier molecular flexibility index (Phi) is 11.6. The molecule has 1 saturated carbocycles. The van der Waals surface area contributed by atoms with Crippen LogP contribution in [0.2, 0.25) is 0 Å². The Balaban J connectivity index is 0.00000236. The van der Waals surface area contributed by atoms with Gasteiger partial charge in [-0.15, -0.1) is 0 Å². The number of rotatable bonds is 10. The van der Waals surface area contributed by atoms with Crippen LogP contribution in [0, 0.1) is 0 Å². The highest BCUT2D eigenvalue weighted by atomic mass is 32.2. The maximum atomic E-state index is 14.4. The standard InChI is InChI=1S/C35H44F3N9O3S.C2H6/c1-5-28-30(44-16-18-45(19-17-44)31(49)24-8-6-7-9-27(24)41-51-21-10-11-21)32(50)47-34(40-33(42(2)3)43(47)4)46(28)20-29(48)39-26-15-14-25(35(36,37)38)22-12-13-23(22)26;1-2/h6-8,14-15,21,27,33,41H,5,9-13,16-20H2,1-4H3,(H,39,48);1-2H3. The number of nitrogens with zero attached hydrogens (tertiary/aromatic N) is 7. The van der Waals surface area contributed by atoms with Gasteiger partial charge in [-0.25, -0.2) is 10.0 Å². The van der Waals surface area contributed by atoms with E-state index in [1.54, 1.807) is 28.9 Å². The Morgan fingerprint density at radius 3 is 2.36 bits per heavy atom. The van der Waals surface area contributed by atoms with E-state index in [2.05, 4.69) is 16.1 Å². The first kappa shape index (κ1) is 38.9. The lowest BCUT2D eigenvalue weighted by Crippen LogP contribution is -2.61. The Morgan fingerprint density at radius 1 is 1.06 bits per heavy atom. The summed E-state index contributed by atoms with van der Waals surface area (Å²) >= 11 is 1.72. The van der Waals surface area contributed by atoms with E-state index in [-0.39, 0.29) is 30.0 Å². The van der Waals surface area contributed by atoms with E-state index in [1.807, 2.05) is 61.7 Å². The Bertz CT molecular complexity index is 1730. The van der Waals surface area contributed by atoms with Crippen LogP contribution in [0.4, 0.5) is 18.9 Å². The number of fused-ring (bicyclic) bond motifs is 2. The third kappa shape index (κ3) is 7.73. The molecule has 7 rings (SSSR count). The average Bonchev–Trinajstić information content (AvgIpc) is 3.89. The number of aliphatic imine (C=N–C) groups is 1. The molecule has 16 heteroatoms. The summed E-state index contributed by atoms with van der Waals surface area (Å²) in [5, 5.41) is 6.68. The van der Waals surface area contributed by atoms with Gasteiger partial charge in [-0.2, -0.15) is 18.2 Å². The van der Waals surface area contributed by atoms with Crippen LogP contribution in [0.5, 0.6) is 0 Å². The summed E-state index contributed by atoms with van der Waals surface area (Å²) in [5.41, 5.74) is 2.24. The monoisotopic (exact) mass is 757 g/mol. The van der Waals surface area contributed by atoms with Crippen LogP contribution < -0.4 is 10.0 Å². The smallest absolute Gasteiger partial charge is 0.362 e. The Morgan fingerprint density at radius 2 is 1.75 bits per heavy atom. The summed E-state index contributed by atoms with van der Waals surface area (Å²) in [6.45, 7) is 7.41. The molecule has 1 aromatic carbocycles. The number of nitrogens with one attached hydrogen (secondary N) is 2. The number of carbonyl (C=O) groups is 3. The third-order valence-electron chi connectivity index (χ3n) is 10.2. The van der Waals surface area contributed by atoms with Crippen molar-refractivity contribution in [1.82, 2.24) is 34.3 Å². The molecule has 0 spiro atoms. The summed E-state index contributed by atoms with van der Waals surface area (Å²) < 4.78 is 44.1. The highest BCUT2D eigenvalue weighted by molar-refractivity contribution is 7.98. The first-order valence-electron chi connectivity index (χ1n) is 18.5.